The van der Waals surface area contributed by atoms with Crippen molar-refractivity contribution in [2.45, 2.75) is 12.8 Å². The van der Waals surface area contributed by atoms with Crippen LogP contribution in [0.1, 0.15) is 12.0 Å². The summed E-state index contributed by atoms with van der Waals surface area (Å²) in [5.74, 6) is 3.23. The molecule has 18 heavy (non-hydrogen) atoms. The van der Waals surface area contributed by atoms with Crippen LogP contribution in [0.15, 0.2) is 18.2 Å². The zero-order valence-corrected chi connectivity index (χ0v) is 12.0. The minimum atomic E-state index is 0.770. The molecular formula is C14H21ClNO2. The summed E-state index contributed by atoms with van der Waals surface area (Å²) in [7, 11) is 5.40. The SMILES string of the molecule is COc1ccc(CCN(C)CC[CH]Cl)cc1OC. The molecule has 0 aromatic heterocycles. The van der Waals surface area contributed by atoms with E-state index in [2.05, 4.69) is 18.0 Å². The molecule has 101 valence electrons. The van der Waals surface area contributed by atoms with Gasteiger partial charge in [0.1, 0.15) is 0 Å². The second kappa shape index (κ2) is 8.22. The molecule has 0 saturated heterocycles. The van der Waals surface area contributed by atoms with Crippen LogP contribution in [0.2, 0.25) is 0 Å². The Morgan fingerprint density at radius 3 is 2.50 bits per heavy atom. The molecule has 0 unspecified atom stereocenters. The van der Waals surface area contributed by atoms with E-state index in [1.165, 1.54) is 5.56 Å². The van der Waals surface area contributed by atoms with E-state index in [-0.39, 0.29) is 0 Å². The first kappa shape index (κ1) is 15.1. The number of halogens is 1. The maximum absolute atomic E-state index is 5.55. The van der Waals surface area contributed by atoms with E-state index in [1.54, 1.807) is 20.1 Å². The summed E-state index contributed by atoms with van der Waals surface area (Å²) in [5, 5.41) is 0. The van der Waals surface area contributed by atoms with Crippen molar-refractivity contribution in [3.05, 3.63) is 29.6 Å². The molecule has 1 aromatic rings. The second-order valence-electron chi connectivity index (χ2n) is 4.19. The van der Waals surface area contributed by atoms with Crippen LogP contribution >= 0.6 is 11.6 Å². The van der Waals surface area contributed by atoms with E-state index in [0.29, 0.717) is 0 Å². The van der Waals surface area contributed by atoms with Crippen LogP contribution in [-0.4, -0.2) is 39.3 Å². The van der Waals surface area contributed by atoms with Gasteiger partial charge >= 0.3 is 0 Å². The quantitative estimate of drug-likeness (QED) is 0.725. The monoisotopic (exact) mass is 270 g/mol. The lowest BCUT2D eigenvalue weighted by atomic mass is 10.1. The van der Waals surface area contributed by atoms with Crippen molar-refractivity contribution in [1.29, 1.82) is 0 Å². The normalized spacial score (nSPS) is 10.7. The maximum Gasteiger partial charge on any atom is 0.160 e. The van der Waals surface area contributed by atoms with E-state index >= 15 is 0 Å². The van der Waals surface area contributed by atoms with E-state index in [0.717, 1.165) is 37.4 Å². The Hall–Kier alpha value is -0.930. The van der Waals surface area contributed by atoms with Gasteiger partial charge in [-0.05, 0) is 44.1 Å². The standard InChI is InChI=1S/C14H21ClNO2/c1-16(9-4-8-15)10-7-12-5-6-13(17-2)14(11-12)18-3/h5-6,8,11H,4,7,9-10H2,1-3H3. The van der Waals surface area contributed by atoms with E-state index in [4.69, 9.17) is 21.1 Å². The molecule has 0 aliphatic heterocycles. The topological polar surface area (TPSA) is 21.7 Å². The average molecular weight is 271 g/mol. The number of rotatable bonds is 8. The molecule has 0 spiro atoms. The first-order valence-corrected chi connectivity index (χ1v) is 6.46. The molecule has 0 aliphatic rings. The first-order chi connectivity index (χ1) is 8.71. The summed E-state index contributed by atoms with van der Waals surface area (Å²) < 4.78 is 10.5. The van der Waals surface area contributed by atoms with Gasteiger partial charge in [0.2, 0.25) is 0 Å². The van der Waals surface area contributed by atoms with E-state index < -0.39 is 0 Å². The fraction of sp³-hybridized carbons (Fsp3) is 0.500. The Labute approximate surface area is 115 Å². The van der Waals surface area contributed by atoms with Gasteiger partial charge in [0.15, 0.2) is 11.5 Å². The number of hydrogen-bond acceptors (Lipinski definition) is 3. The third kappa shape index (κ3) is 4.75. The minimum Gasteiger partial charge on any atom is -0.493 e. The van der Waals surface area contributed by atoms with Crippen LogP contribution in [0.25, 0.3) is 0 Å². The molecule has 0 amide bonds. The molecule has 0 aliphatic carbocycles. The Bertz CT molecular complexity index is 358. The van der Waals surface area contributed by atoms with Gasteiger partial charge in [-0.3, -0.25) is 0 Å². The molecule has 0 atom stereocenters. The van der Waals surface area contributed by atoms with Crippen molar-refractivity contribution in [2.24, 2.45) is 0 Å². The highest BCUT2D eigenvalue weighted by Crippen LogP contribution is 2.27. The van der Waals surface area contributed by atoms with Crippen molar-refractivity contribution in [3.63, 3.8) is 0 Å². The van der Waals surface area contributed by atoms with Crippen LogP contribution in [0.3, 0.4) is 0 Å². The number of benzene rings is 1. The number of hydrogen-bond donors (Lipinski definition) is 0. The predicted octanol–water partition coefficient (Wildman–Crippen LogP) is 2.97. The van der Waals surface area contributed by atoms with Crippen LogP contribution in [-0.2, 0) is 6.42 Å². The van der Waals surface area contributed by atoms with Gasteiger partial charge in [0, 0.05) is 6.54 Å². The van der Waals surface area contributed by atoms with Crippen LogP contribution < -0.4 is 9.47 Å². The average Bonchev–Trinajstić information content (AvgIpc) is 2.42. The molecule has 0 heterocycles. The zero-order chi connectivity index (χ0) is 13.4. The van der Waals surface area contributed by atoms with Gasteiger partial charge in [0.05, 0.1) is 20.1 Å². The van der Waals surface area contributed by atoms with Crippen LogP contribution in [0, 0.1) is 5.88 Å². The summed E-state index contributed by atoms with van der Waals surface area (Å²) in [4.78, 5) is 2.26. The van der Waals surface area contributed by atoms with E-state index in [9.17, 15) is 0 Å². The minimum absolute atomic E-state index is 0.770. The third-order valence-corrected chi connectivity index (χ3v) is 3.07. The van der Waals surface area contributed by atoms with Gasteiger partial charge < -0.3 is 14.4 Å². The summed E-state index contributed by atoms with van der Waals surface area (Å²) in [6, 6.07) is 6.05. The summed E-state index contributed by atoms with van der Waals surface area (Å²) in [5.41, 5.74) is 1.24. The largest absolute Gasteiger partial charge is 0.493 e. The zero-order valence-electron chi connectivity index (χ0n) is 11.3. The highest BCUT2D eigenvalue weighted by Gasteiger charge is 2.05. The molecular weight excluding hydrogens is 250 g/mol. The van der Waals surface area contributed by atoms with Crippen molar-refractivity contribution in [2.75, 3.05) is 34.4 Å². The fourth-order valence-electron chi connectivity index (χ4n) is 1.74. The molecule has 1 aromatic carbocycles. The molecule has 1 rings (SSSR count). The number of ether oxygens (including phenoxy) is 2. The van der Waals surface area contributed by atoms with E-state index in [1.807, 2.05) is 12.1 Å². The Kier molecular flexibility index (Phi) is 6.91. The molecule has 0 bridgehead atoms. The molecule has 3 nitrogen and oxygen atoms in total. The summed E-state index contributed by atoms with van der Waals surface area (Å²) in [6.07, 6.45) is 1.89. The van der Waals surface area contributed by atoms with Crippen molar-refractivity contribution in [1.82, 2.24) is 4.90 Å². The predicted molar refractivity (Wildman–Crippen MR) is 75.5 cm³/mol. The van der Waals surface area contributed by atoms with Gasteiger partial charge in [-0.25, -0.2) is 0 Å². The lowest BCUT2D eigenvalue weighted by molar-refractivity contribution is 0.341. The van der Waals surface area contributed by atoms with Crippen molar-refractivity contribution < 1.29 is 9.47 Å². The summed E-state index contributed by atoms with van der Waals surface area (Å²) >= 11 is 5.55. The Morgan fingerprint density at radius 1 is 1.17 bits per heavy atom. The van der Waals surface area contributed by atoms with Gasteiger partial charge in [0.25, 0.3) is 0 Å². The maximum atomic E-state index is 5.55. The highest BCUT2D eigenvalue weighted by molar-refractivity contribution is 6.23. The Morgan fingerprint density at radius 2 is 1.89 bits per heavy atom. The number of methoxy groups -OCH3 is 2. The van der Waals surface area contributed by atoms with Crippen molar-refractivity contribution >= 4 is 11.6 Å². The van der Waals surface area contributed by atoms with Gasteiger partial charge in [-0.2, -0.15) is 0 Å². The van der Waals surface area contributed by atoms with Crippen LogP contribution in [0.4, 0.5) is 0 Å². The third-order valence-electron chi connectivity index (χ3n) is 2.85. The van der Waals surface area contributed by atoms with Gasteiger partial charge in [-0.1, -0.05) is 6.07 Å². The highest BCUT2D eigenvalue weighted by atomic mass is 35.5. The summed E-state index contributed by atoms with van der Waals surface area (Å²) in [6.45, 7) is 1.98. The Balaban J connectivity index is 2.52. The molecule has 0 N–H and O–H groups in total. The van der Waals surface area contributed by atoms with Crippen molar-refractivity contribution in [3.8, 4) is 11.5 Å². The molecule has 4 heteroatoms. The van der Waals surface area contributed by atoms with Gasteiger partial charge in [-0.15, -0.1) is 11.6 Å². The fourth-order valence-corrected chi connectivity index (χ4v) is 1.83. The van der Waals surface area contributed by atoms with Crippen LogP contribution in [0.5, 0.6) is 11.5 Å². The molecule has 0 saturated carbocycles. The lowest BCUT2D eigenvalue weighted by Gasteiger charge is -2.16. The smallest absolute Gasteiger partial charge is 0.160 e. The number of nitrogens with zero attached hydrogens (tertiary/aromatic N) is 1. The molecule has 0 fully saturated rings. The first-order valence-electron chi connectivity index (χ1n) is 6.02. The molecule has 1 radical (unpaired) electrons. The second-order valence-corrected chi connectivity index (χ2v) is 4.49. The number of likely N-dealkylation sites (N-methyl/N-ethyl adjacent to an activating group) is 1. The lowest BCUT2D eigenvalue weighted by Crippen LogP contribution is -2.22.